The van der Waals surface area contributed by atoms with E-state index in [0.717, 1.165) is 16.8 Å². The molecule has 0 aliphatic rings. The molecule has 0 spiro atoms. The topological polar surface area (TPSA) is 94.0 Å². The van der Waals surface area contributed by atoms with E-state index in [1.165, 1.54) is 11.3 Å². The Balaban J connectivity index is 1.60. The number of fused-ring (bicyclic) bond motifs is 1. The van der Waals surface area contributed by atoms with E-state index in [1.54, 1.807) is 17.9 Å². The molecular formula is C21H21ClN6O2S. The summed E-state index contributed by atoms with van der Waals surface area (Å²) in [5.74, 6) is 1.09. The number of carbonyl (C=O) groups is 1. The van der Waals surface area contributed by atoms with Crippen LogP contribution in [0, 0.1) is 6.92 Å². The van der Waals surface area contributed by atoms with Gasteiger partial charge in [-0.15, -0.1) is 11.3 Å². The molecule has 2 N–H and O–H groups in total. The normalized spacial score (nSPS) is 11.1. The highest BCUT2D eigenvalue weighted by Gasteiger charge is 2.18. The summed E-state index contributed by atoms with van der Waals surface area (Å²) in [6, 6.07) is 11.1. The lowest BCUT2D eigenvalue weighted by molar-refractivity contribution is 0.0959. The molecule has 1 amide bonds. The number of anilines is 1. The molecule has 0 aliphatic heterocycles. The summed E-state index contributed by atoms with van der Waals surface area (Å²) in [6.07, 6.45) is 0. The highest BCUT2D eigenvalue weighted by molar-refractivity contribution is 7.12. The van der Waals surface area contributed by atoms with E-state index in [1.807, 2.05) is 42.6 Å². The zero-order valence-electron chi connectivity index (χ0n) is 17.1. The van der Waals surface area contributed by atoms with Gasteiger partial charge in [-0.2, -0.15) is 5.10 Å². The van der Waals surface area contributed by atoms with Crippen LogP contribution in [0.1, 0.15) is 21.2 Å². The minimum Gasteiger partial charge on any atom is -0.377 e. The van der Waals surface area contributed by atoms with Gasteiger partial charge in [0, 0.05) is 25.2 Å². The fourth-order valence-electron chi connectivity index (χ4n) is 3.19. The molecule has 0 atom stereocenters. The van der Waals surface area contributed by atoms with Crippen LogP contribution in [0.3, 0.4) is 0 Å². The van der Waals surface area contributed by atoms with Crippen molar-refractivity contribution < 1.29 is 9.53 Å². The molecule has 3 aromatic heterocycles. The van der Waals surface area contributed by atoms with Crippen LogP contribution in [0.25, 0.3) is 16.7 Å². The minimum atomic E-state index is -0.0883. The van der Waals surface area contributed by atoms with E-state index in [-0.39, 0.29) is 12.5 Å². The smallest absolute Gasteiger partial charge is 0.261 e. The van der Waals surface area contributed by atoms with Crippen molar-refractivity contribution in [3.8, 4) is 5.69 Å². The summed E-state index contributed by atoms with van der Waals surface area (Å²) in [7, 11) is 1.60. The number of nitrogens with zero attached hydrogens (tertiary/aromatic N) is 4. The first-order chi connectivity index (χ1) is 15.1. The number of amides is 1. The van der Waals surface area contributed by atoms with Gasteiger partial charge >= 0.3 is 0 Å². The number of halogens is 1. The number of methoxy groups -OCH3 is 1. The van der Waals surface area contributed by atoms with Gasteiger partial charge in [0.25, 0.3) is 5.91 Å². The van der Waals surface area contributed by atoms with Crippen molar-refractivity contribution in [2.45, 2.75) is 13.5 Å². The number of rotatable bonds is 8. The van der Waals surface area contributed by atoms with Crippen LogP contribution >= 0.6 is 22.9 Å². The summed E-state index contributed by atoms with van der Waals surface area (Å²) < 4.78 is 6.99. The highest BCUT2D eigenvalue weighted by Crippen LogP contribution is 2.27. The van der Waals surface area contributed by atoms with Gasteiger partial charge in [-0.05, 0) is 36.6 Å². The molecule has 0 fully saturated rings. The number of hydrogen-bond acceptors (Lipinski definition) is 7. The van der Waals surface area contributed by atoms with Gasteiger partial charge in [0.1, 0.15) is 12.4 Å². The molecule has 0 bridgehead atoms. The Kier molecular flexibility index (Phi) is 6.45. The minimum absolute atomic E-state index is 0.0883. The quantitative estimate of drug-likeness (QED) is 0.391. The molecule has 4 aromatic rings. The summed E-state index contributed by atoms with van der Waals surface area (Å²) in [4.78, 5) is 22.1. The summed E-state index contributed by atoms with van der Waals surface area (Å²) in [6.45, 7) is 3.12. The number of benzene rings is 1. The van der Waals surface area contributed by atoms with Crippen molar-refractivity contribution in [3.63, 3.8) is 0 Å². The third kappa shape index (κ3) is 4.68. The molecule has 0 saturated heterocycles. The van der Waals surface area contributed by atoms with Crippen LogP contribution in [0.5, 0.6) is 0 Å². The van der Waals surface area contributed by atoms with Crippen molar-refractivity contribution in [1.82, 2.24) is 25.1 Å². The average Bonchev–Trinajstić information content (AvgIpc) is 3.40. The Morgan fingerprint density at radius 1 is 1.23 bits per heavy atom. The SMILES string of the molecule is COCc1nc(NCCNC(=O)c2cccs2)c2c(C)nn(-c3cccc(Cl)c3)c2n1. The first-order valence-corrected chi connectivity index (χ1v) is 10.9. The van der Waals surface area contributed by atoms with Crippen LogP contribution in [0.4, 0.5) is 5.82 Å². The zero-order chi connectivity index (χ0) is 21.8. The fraction of sp³-hybridized carbons (Fsp3) is 0.238. The molecule has 160 valence electrons. The van der Waals surface area contributed by atoms with Gasteiger partial charge < -0.3 is 15.4 Å². The Hall–Kier alpha value is -3.01. The number of ether oxygens (including phenoxy) is 1. The molecule has 0 saturated carbocycles. The second kappa shape index (κ2) is 9.42. The third-order valence-electron chi connectivity index (χ3n) is 4.52. The van der Waals surface area contributed by atoms with Crippen molar-refractivity contribution in [2.75, 3.05) is 25.5 Å². The lowest BCUT2D eigenvalue weighted by Gasteiger charge is -2.10. The van der Waals surface area contributed by atoms with Gasteiger partial charge in [0.05, 0.1) is 21.6 Å². The second-order valence-electron chi connectivity index (χ2n) is 6.76. The summed E-state index contributed by atoms with van der Waals surface area (Å²) in [5, 5.41) is 14.2. The Morgan fingerprint density at radius 3 is 2.84 bits per heavy atom. The van der Waals surface area contributed by atoms with Crippen molar-refractivity contribution in [2.24, 2.45) is 0 Å². The first-order valence-electron chi connectivity index (χ1n) is 9.63. The molecule has 0 radical (unpaired) electrons. The van der Waals surface area contributed by atoms with E-state index in [2.05, 4.69) is 25.7 Å². The molecular weight excluding hydrogens is 436 g/mol. The zero-order valence-corrected chi connectivity index (χ0v) is 18.6. The number of aryl methyl sites for hydroxylation is 1. The molecule has 31 heavy (non-hydrogen) atoms. The molecule has 10 heteroatoms. The Morgan fingerprint density at radius 2 is 2.10 bits per heavy atom. The van der Waals surface area contributed by atoms with Crippen molar-refractivity contribution in [3.05, 3.63) is 63.2 Å². The van der Waals surface area contributed by atoms with Gasteiger partial charge in [-0.25, -0.2) is 14.6 Å². The molecule has 0 aliphatic carbocycles. The molecule has 3 heterocycles. The van der Waals surface area contributed by atoms with E-state index in [9.17, 15) is 4.79 Å². The van der Waals surface area contributed by atoms with E-state index in [4.69, 9.17) is 16.3 Å². The van der Waals surface area contributed by atoms with Crippen molar-refractivity contribution >= 4 is 45.7 Å². The fourth-order valence-corrected chi connectivity index (χ4v) is 4.01. The molecule has 4 rings (SSSR count). The maximum Gasteiger partial charge on any atom is 0.261 e. The summed E-state index contributed by atoms with van der Waals surface area (Å²) >= 11 is 7.58. The van der Waals surface area contributed by atoms with Gasteiger partial charge in [-0.3, -0.25) is 4.79 Å². The van der Waals surface area contributed by atoms with Crippen LogP contribution < -0.4 is 10.6 Å². The summed E-state index contributed by atoms with van der Waals surface area (Å²) in [5.41, 5.74) is 2.25. The molecule has 1 aromatic carbocycles. The predicted molar refractivity (Wildman–Crippen MR) is 122 cm³/mol. The largest absolute Gasteiger partial charge is 0.377 e. The van der Waals surface area contributed by atoms with Gasteiger partial charge in [-0.1, -0.05) is 23.7 Å². The highest BCUT2D eigenvalue weighted by atomic mass is 35.5. The third-order valence-corrected chi connectivity index (χ3v) is 5.63. The van der Waals surface area contributed by atoms with Crippen molar-refractivity contribution in [1.29, 1.82) is 0 Å². The maximum atomic E-state index is 12.1. The molecule has 8 nitrogen and oxygen atoms in total. The monoisotopic (exact) mass is 456 g/mol. The lowest BCUT2D eigenvalue weighted by atomic mass is 10.3. The maximum absolute atomic E-state index is 12.1. The number of hydrogen-bond donors (Lipinski definition) is 2. The van der Waals surface area contributed by atoms with Crippen LogP contribution in [0.2, 0.25) is 5.02 Å². The van der Waals surface area contributed by atoms with Gasteiger partial charge in [0.15, 0.2) is 11.5 Å². The number of thiophene rings is 1. The number of aromatic nitrogens is 4. The standard InChI is InChI=1S/C21H21ClN6O2S/c1-13-18-19(23-8-9-24-21(29)16-7-4-10-31-16)25-17(12-30-2)26-20(18)28(27-13)15-6-3-5-14(22)11-15/h3-7,10-11H,8-9,12H2,1-2H3,(H,24,29)(H,23,25,26). The second-order valence-corrected chi connectivity index (χ2v) is 8.14. The van der Waals surface area contributed by atoms with Crippen LogP contribution in [-0.2, 0) is 11.3 Å². The average molecular weight is 457 g/mol. The Bertz CT molecular complexity index is 1210. The van der Waals surface area contributed by atoms with E-state index >= 15 is 0 Å². The molecule has 0 unspecified atom stereocenters. The number of carbonyl (C=O) groups excluding carboxylic acids is 1. The Labute approximate surface area is 188 Å². The predicted octanol–water partition coefficient (Wildman–Crippen LogP) is 3.83. The van der Waals surface area contributed by atoms with E-state index in [0.29, 0.717) is 40.3 Å². The van der Waals surface area contributed by atoms with Crippen LogP contribution in [-0.4, -0.2) is 45.9 Å². The van der Waals surface area contributed by atoms with Crippen LogP contribution in [0.15, 0.2) is 41.8 Å². The lowest BCUT2D eigenvalue weighted by Crippen LogP contribution is -2.28. The van der Waals surface area contributed by atoms with E-state index < -0.39 is 0 Å². The number of nitrogens with one attached hydrogen (secondary N) is 2. The first kappa shape index (κ1) is 21.2. The van der Waals surface area contributed by atoms with Gasteiger partial charge in [0.2, 0.25) is 0 Å².